The Labute approximate surface area is 87.7 Å². The number of hydrogen-bond acceptors (Lipinski definition) is 4. The Kier molecular flexibility index (Phi) is 3.47. The van der Waals surface area contributed by atoms with Gasteiger partial charge in [-0.1, -0.05) is 6.92 Å². The third-order valence-corrected chi connectivity index (χ3v) is 2.26. The molecule has 5 heteroatoms. The van der Waals surface area contributed by atoms with Gasteiger partial charge in [-0.25, -0.2) is 9.59 Å². The molecular weight excluding hydrogens is 200 g/mol. The Morgan fingerprint density at radius 1 is 1.53 bits per heavy atom. The fourth-order valence-corrected chi connectivity index (χ4v) is 1.47. The molecule has 1 aliphatic rings. The Balaban J connectivity index is 2.73. The molecule has 5 nitrogen and oxygen atoms in total. The molecule has 0 aromatic rings. The maximum atomic E-state index is 11.3. The van der Waals surface area contributed by atoms with Crippen molar-refractivity contribution in [2.24, 2.45) is 5.41 Å². The molecule has 1 rings (SSSR count). The third kappa shape index (κ3) is 3.06. The summed E-state index contributed by atoms with van der Waals surface area (Å²) in [4.78, 5) is 21.8. The predicted octanol–water partition coefficient (Wildman–Crippen LogP) is 0.597. The van der Waals surface area contributed by atoms with E-state index >= 15 is 0 Å². The highest BCUT2D eigenvalue weighted by Crippen LogP contribution is 2.33. The zero-order valence-corrected chi connectivity index (χ0v) is 8.78. The summed E-state index contributed by atoms with van der Waals surface area (Å²) in [5, 5.41) is 8.60. The van der Waals surface area contributed by atoms with Gasteiger partial charge in [-0.15, -0.1) is 0 Å². The highest BCUT2D eigenvalue weighted by atomic mass is 16.5. The molecule has 0 radical (unpaired) electrons. The fraction of sp³-hybridized carbons (Fsp3) is 0.600. The van der Waals surface area contributed by atoms with Crippen molar-refractivity contribution in [3.05, 3.63) is 11.6 Å². The van der Waals surface area contributed by atoms with Crippen LogP contribution < -0.4 is 0 Å². The molecule has 1 heterocycles. The van der Waals surface area contributed by atoms with Crippen LogP contribution >= 0.6 is 0 Å². The number of aliphatic carboxylic acids is 1. The first-order valence-corrected chi connectivity index (χ1v) is 4.56. The molecule has 15 heavy (non-hydrogen) atoms. The lowest BCUT2D eigenvalue weighted by atomic mass is 9.81. The average molecular weight is 214 g/mol. The molecular formula is C10H14O5. The topological polar surface area (TPSA) is 72.8 Å². The van der Waals surface area contributed by atoms with Crippen molar-refractivity contribution < 1.29 is 24.2 Å². The molecule has 0 aliphatic carbocycles. The molecule has 1 aliphatic heterocycles. The number of carbonyl (C=O) groups excluding carboxylic acids is 1. The number of methoxy groups -OCH3 is 1. The van der Waals surface area contributed by atoms with Crippen molar-refractivity contribution in [1.82, 2.24) is 0 Å². The van der Waals surface area contributed by atoms with E-state index in [0.29, 0.717) is 19.6 Å². The van der Waals surface area contributed by atoms with Gasteiger partial charge >= 0.3 is 11.9 Å². The summed E-state index contributed by atoms with van der Waals surface area (Å²) in [6, 6.07) is 0. The molecule has 0 atom stereocenters. The number of ether oxygens (including phenoxy) is 2. The molecule has 1 saturated heterocycles. The number of rotatable bonds is 4. The standard InChI is InChI=1S/C10H14O5/c1-10(5-15-6-10)4-7(3-8(11)12)9(13)14-2/h3H,4-6H2,1-2H3,(H,11,12)/b7-3+. The molecule has 0 unspecified atom stereocenters. The smallest absolute Gasteiger partial charge is 0.334 e. The summed E-state index contributed by atoms with van der Waals surface area (Å²) in [7, 11) is 1.23. The maximum Gasteiger partial charge on any atom is 0.334 e. The monoisotopic (exact) mass is 214 g/mol. The molecule has 0 amide bonds. The lowest BCUT2D eigenvalue weighted by molar-refractivity contribution is -0.140. The summed E-state index contributed by atoms with van der Waals surface area (Å²) in [5.41, 5.74) is 0.0333. The fourth-order valence-electron chi connectivity index (χ4n) is 1.47. The quantitative estimate of drug-likeness (QED) is 0.548. The van der Waals surface area contributed by atoms with Crippen molar-refractivity contribution in [1.29, 1.82) is 0 Å². The van der Waals surface area contributed by atoms with Gasteiger partial charge in [-0.2, -0.15) is 0 Å². The molecule has 0 aromatic carbocycles. The van der Waals surface area contributed by atoms with E-state index in [1.165, 1.54) is 7.11 Å². The average Bonchev–Trinajstić information content (AvgIpc) is 2.12. The van der Waals surface area contributed by atoms with Gasteiger partial charge in [0.05, 0.1) is 20.3 Å². The van der Waals surface area contributed by atoms with E-state index < -0.39 is 11.9 Å². The van der Waals surface area contributed by atoms with Gasteiger partial charge in [-0.05, 0) is 6.42 Å². The van der Waals surface area contributed by atoms with Gasteiger partial charge in [-0.3, -0.25) is 0 Å². The Morgan fingerprint density at radius 2 is 2.13 bits per heavy atom. The van der Waals surface area contributed by atoms with Crippen molar-refractivity contribution in [2.45, 2.75) is 13.3 Å². The van der Waals surface area contributed by atoms with E-state index in [2.05, 4.69) is 4.74 Å². The predicted molar refractivity (Wildman–Crippen MR) is 51.3 cm³/mol. The van der Waals surface area contributed by atoms with Crippen LogP contribution in [0, 0.1) is 5.41 Å². The SMILES string of the molecule is COC(=O)/C(=C/C(=O)O)CC1(C)COC1. The van der Waals surface area contributed by atoms with Gasteiger partial charge in [0.15, 0.2) is 0 Å². The first-order valence-electron chi connectivity index (χ1n) is 4.56. The number of carbonyl (C=O) groups is 2. The van der Waals surface area contributed by atoms with Gasteiger partial charge in [0.1, 0.15) is 0 Å². The first kappa shape index (κ1) is 11.7. The second-order valence-corrected chi connectivity index (χ2v) is 3.98. The zero-order chi connectivity index (χ0) is 11.5. The van der Waals surface area contributed by atoms with E-state index in [1.54, 1.807) is 0 Å². The van der Waals surface area contributed by atoms with E-state index in [0.717, 1.165) is 6.08 Å². The van der Waals surface area contributed by atoms with Crippen molar-refractivity contribution in [2.75, 3.05) is 20.3 Å². The number of carboxylic acids is 1. The van der Waals surface area contributed by atoms with Crippen LogP contribution in [0.2, 0.25) is 0 Å². The van der Waals surface area contributed by atoms with Crippen LogP contribution in [-0.2, 0) is 19.1 Å². The summed E-state index contributed by atoms with van der Waals surface area (Å²) in [5.74, 6) is -1.73. The molecule has 84 valence electrons. The highest BCUT2D eigenvalue weighted by Gasteiger charge is 2.35. The summed E-state index contributed by atoms with van der Waals surface area (Å²) in [6.45, 7) is 3.02. The summed E-state index contributed by atoms with van der Waals surface area (Å²) < 4.78 is 9.55. The molecule has 0 saturated carbocycles. The Hall–Kier alpha value is -1.36. The molecule has 1 fully saturated rings. The summed E-state index contributed by atoms with van der Waals surface area (Å²) in [6.07, 6.45) is 1.27. The minimum absolute atomic E-state index is 0.143. The Morgan fingerprint density at radius 3 is 2.47 bits per heavy atom. The van der Waals surface area contributed by atoms with Crippen molar-refractivity contribution in [3.63, 3.8) is 0 Å². The number of esters is 1. The van der Waals surface area contributed by atoms with Crippen LogP contribution in [0.4, 0.5) is 0 Å². The molecule has 1 N–H and O–H groups in total. The van der Waals surface area contributed by atoms with Crippen LogP contribution in [0.5, 0.6) is 0 Å². The van der Waals surface area contributed by atoms with Gasteiger partial charge < -0.3 is 14.6 Å². The number of hydrogen-bond donors (Lipinski definition) is 1. The largest absolute Gasteiger partial charge is 0.478 e. The lowest BCUT2D eigenvalue weighted by Gasteiger charge is -2.38. The van der Waals surface area contributed by atoms with E-state index in [1.807, 2.05) is 6.92 Å². The van der Waals surface area contributed by atoms with Crippen molar-refractivity contribution >= 4 is 11.9 Å². The van der Waals surface area contributed by atoms with E-state index in [4.69, 9.17) is 9.84 Å². The minimum Gasteiger partial charge on any atom is -0.478 e. The first-order chi connectivity index (χ1) is 6.97. The van der Waals surface area contributed by atoms with Crippen molar-refractivity contribution in [3.8, 4) is 0 Å². The Bertz CT molecular complexity index is 301. The minimum atomic E-state index is -1.14. The number of carboxylic acid groups (broad SMARTS) is 1. The van der Waals surface area contributed by atoms with Crippen LogP contribution in [0.15, 0.2) is 11.6 Å². The van der Waals surface area contributed by atoms with Gasteiger partial charge in [0.2, 0.25) is 0 Å². The van der Waals surface area contributed by atoms with Gasteiger partial charge in [0, 0.05) is 17.1 Å². The van der Waals surface area contributed by atoms with Crippen LogP contribution in [0.25, 0.3) is 0 Å². The molecule has 0 spiro atoms. The zero-order valence-electron chi connectivity index (χ0n) is 8.78. The van der Waals surface area contributed by atoms with Crippen LogP contribution in [-0.4, -0.2) is 37.4 Å². The second-order valence-electron chi connectivity index (χ2n) is 3.98. The second kappa shape index (κ2) is 4.44. The summed E-state index contributed by atoms with van der Waals surface area (Å²) >= 11 is 0. The van der Waals surface area contributed by atoms with Crippen LogP contribution in [0.1, 0.15) is 13.3 Å². The maximum absolute atomic E-state index is 11.3. The van der Waals surface area contributed by atoms with Gasteiger partial charge in [0.25, 0.3) is 0 Å². The molecule has 0 bridgehead atoms. The third-order valence-electron chi connectivity index (χ3n) is 2.26. The highest BCUT2D eigenvalue weighted by molar-refractivity contribution is 5.95. The lowest BCUT2D eigenvalue weighted by Crippen LogP contribution is -2.40. The normalized spacial score (nSPS) is 19.2. The van der Waals surface area contributed by atoms with E-state index in [-0.39, 0.29) is 11.0 Å². The molecule has 0 aromatic heterocycles. The van der Waals surface area contributed by atoms with E-state index in [9.17, 15) is 9.59 Å². The van der Waals surface area contributed by atoms with Crippen LogP contribution in [0.3, 0.4) is 0 Å².